The van der Waals surface area contributed by atoms with E-state index in [0.29, 0.717) is 18.5 Å². The molecule has 0 saturated heterocycles. The number of carbonyl (C=O) groups is 1. The van der Waals surface area contributed by atoms with Crippen LogP contribution in [-0.4, -0.2) is 24.2 Å². The number of thiol groups is 1. The van der Waals surface area contributed by atoms with E-state index in [4.69, 9.17) is 5.11 Å². The van der Waals surface area contributed by atoms with Crippen LogP contribution in [0.4, 0.5) is 4.39 Å². The first-order valence-corrected chi connectivity index (χ1v) is 6.39. The molecule has 0 aliphatic heterocycles. The number of aliphatic hydroxyl groups excluding tert-OH is 1. The quantitative estimate of drug-likeness (QED) is 0.716. The van der Waals surface area contributed by atoms with Gasteiger partial charge in [-0.05, 0) is 42.9 Å². The van der Waals surface area contributed by atoms with Crippen LogP contribution >= 0.6 is 12.6 Å². The van der Waals surface area contributed by atoms with Crippen LogP contribution in [0.15, 0.2) is 23.1 Å². The first kappa shape index (κ1) is 13.4. The zero-order valence-corrected chi connectivity index (χ0v) is 10.8. The van der Waals surface area contributed by atoms with Crippen LogP contribution in [0.5, 0.6) is 0 Å². The van der Waals surface area contributed by atoms with Crippen molar-refractivity contribution in [2.75, 3.05) is 13.2 Å². The molecule has 0 aromatic heterocycles. The molecule has 1 fully saturated rings. The van der Waals surface area contributed by atoms with Crippen LogP contribution in [0.3, 0.4) is 0 Å². The van der Waals surface area contributed by atoms with Crippen LogP contribution in [-0.2, 0) is 0 Å². The van der Waals surface area contributed by atoms with Gasteiger partial charge >= 0.3 is 0 Å². The van der Waals surface area contributed by atoms with Crippen LogP contribution in [0, 0.1) is 11.2 Å². The Labute approximate surface area is 111 Å². The number of carbonyl (C=O) groups excluding carboxylic acids is 1. The minimum absolute atomic E-state index is 0.0776. The Kier molecular flexibility index (Phi) is 3.92. The summed E-state index contributed by atoms with van der Waals surface area (Å²) in [4.78, 5) is 12.0. The average Bonchev–Trinajstić information content (AvgIpc) is 3.11. The van der Waals surface area contributed by atoms with Gasteiger partial charge in [0.2, 0.25) is 0 Å². The van der Waals surface area contributed by atoms with Gasteiger partial charge in [-0.3, -0.25) is 4.79 Å². The number of amides is 1. The fraction of sp³-hybridized carbons (Fsp3) is 0.462. The van der Waals surface area contributed by atoms with Gasteiger partial charge in [-0.25, -0.2) is 4.39 Å². The van der Waals surface area contributed by atoms with E-state index in [0.717, 1.165) is 12.8 Å². The highest BCUT2D eigenvalue weighted by Crippen LogP contribution is 2.47. The van der Waals surface area contributed by atoms with Crippen LogP contribution in [0.1, 0.15) is 29.6 Å². The predicted octanol–water partition coefficient (Wildman–Crippen LogP) is 2.01. The lowest BCUT2D eigenvalue weighted by atomic mass is 10.0. The summed E-state index contributed by atoms with van der Waals surface area (Å²) in [5, 5.41) is 11.8. The maximum Gasteiger partial charge on any atom is 0.251 e. The summed E-state index contributed by atoms with van der Waals surface area (Å²) in [7, 11) is 0. The highest BCUT2D eigenvalue weighted by atomic mass is 32.1. The third-order valence-electron chi connectivity index (χ3n) is 3.43. The topological polar surface area (TPSA) is 49.3 Å². The molecule has 0 bridgehead atoms. The Hall–Kier alpha value is -1.07. The Bertz CT molecular complexity index is 460. The van der Waals surface area contributed by atoms with E-state index in [-0.39, 0.29) is 22.8 Å². The van der Waals surface area contributed by atoms with Gasteiger partial charge in [-0.15, -0.1) is 12.6 Å². The van der Waals surface area contributed by atoms with E-state index in [1.165, 1.54) is 18.2 Å². The smallest absolute Gasteiger partial charge is 0.251 e. The lowest BCUT2D eigenvalue weighted by molar-refractivity contribution is 0.0940. The molecule has 1 aliphatic carbocycles. The van der Waals surface area contributed by atoms with Crippen molar-refractivity contribution < 1.29 is 14.3 Å². The van der Waals surface area contributed by atoms with Gasteiger partial charge in [-0.1, -0.05) is 0 Å². The van der Waals surface area contributed by atoms with Gasteiger partial charge in [0.1, 0.15) is 5.82 Å². The first-order chi connectivity index (χ1) is 8.56. The minimum atomic E-state index is -0.436. The minimum Gasteiger partial charge on any atom is -0.396 e. The van der Waals surface area contributed by atoms with E-state index in [2.05, 4.69) is 17.9 Å². The van der Waals surface area contributed by atoms with Crippen LogP contribution < -0.4 is 5.32 Å². The standard InChI is InChI=1S/C13H16FNO2S/c14-10-2-1-9(7-11(10)18)12(17)15-8-13(3-4-13)5-6-16/h1-2,7,16,18H,3-6,8H2,(H,15,17). The summed E-state index contributed by atoms with van der Waals surface area (Å²) < 4.78 is 13.0. The predicted molar refractivity (Wildman–Crippen MR) is 69.4 cm³/mol. The molecular formula is C13H16FNO2S. The number of benzene rings is 1. The first-order valence-electron chi connectivity index (χ1n) is 5.94. The summed E-state index contributed by atoms with van der Waals surface area (Å²) in [5.41, 5.74) is 0.482. The molecule has 2 rings (SSSR count). The summed E-state index contributed by atoms with van der Waals surface area (Å²) in [6.45, 7) is 0.707. The lowest BCUT2D eigenvalue weighted by Crippen LogP contribution is -2.30. The zero-order valence-electron chi connectivity index (χ0n) is 9.95. The van der Waals surface area contributed by atoms with Crippen LogP contribution in [0.2, 0.25) is 0 Å². The molecule has 1 aromatic rings. The fourth-order valence-corrected chi connectivity index (χ4v) is 2.17. The molecular weight excluding hydrogens is 253 g/mol. The van der Waals surface area contributed by atoms with Crippen molar-refractivity contribution >= 4 is 18.5 Å². The Morgan fingerprint density at radius 2 is 2.22 bits per heavy atom. The normalized spacial score (nSPS) is 16.4. The molecule has 1 saturated carbocycles. The third-order valence-corrected chi connectivity index (χ3v) is 3.77. The SMILES string of the molecule is O=C(NCC1(CCO)CC1)c1ccc(F)c(S)c1. The monoisotopic (exact) mass is 269 g/mol. The highest BCUT2D eigenvalue weighted by molar-refractivity contribution is 7.80. The maximum absolute atomic E-state index is 13.0. The maximum atomic E-state index is 13.0. The van der Waals surface area contributed by atoms with E-state index in [9.17, 15) is 9.18 Å². The number of hydrogen-bond donors (Lipinski definition) is 3. The second-order valence-corrected chi connectivity index (χ2v) is 5.30. The van der Waals surface area contributed by atoms with Gasteiger partial charge in [-0.2, -0.15) is 0 Å². The van der Waals surface area contributed by atoms with Crippen LogP contribution in [0.25, 0.3) is 0 Å². The van der Waals surface area contributed by atoms with E-state index in [1.807, 2.05) is 0 Å². The molecule has 5 heteroatoms. The van der Waals surface area contributed by atoms with Gasteiger partial charge in [0.05, 0.1) is 0 Å². The molecule has 2 N–H and O–H groups in total. The molecule has 0 spiro atoms. The largest absolute Gasteiger partial charge is 0.396 e. The summed E-state index contributed by atoms with van der Waals surface area (Å²) >= 11 is 3.95. The van der Waals surface area contributed by atoms with Crippen molar-refractivity contribution in [3.63, 3.8) is 0 Å². The van der Waals surface area contributed by atoms with Gasteiger partial charge in [0.25, 0.3) is 5.91 Å². The zero-order chi connectivity index (χ0) is 13.2. The van der Waals surface area contributed by atoms with Crippen molar-refractivity contribution in [1.29, 1.82) is 0 Å². The molecule has 0 atom stereocenters. The summed E-state index contributed by atoms with van der Waals surface area (Å²) in [6.07, 6.45) is 2.79. The number of halogens is 1. The van der Waals surface area contributed by atoms with Crippen molar-refractivity contribution in [3.8, 4) is 0 Å². The third kappa shape index (κ3) is 3.03. The lowest BCUT2D eigenvalue weighted by Gasteiger charge is -2.14. The molecule has 1 aliphatic rings. The van der Waals surface area contributed by atoms with Gasteiger partial charge < -0.3 is 10.4 Å². The number of rotatable bonds is 5. The van der Waals surface area contributed by atoms with Crippen molar-refractivity contribution in [2.45, 2.75) is 24.2 Å². The molecule has 3 nitrogen and oxygen atoms in total. The summed E-state index contributed by atoms with van der Waals surface area (Å²) in [6, 6.07) is 4.09. The van der Waals surface area contributed by atoms with Crippen molar-refractivity contribution in [1.82, 2.24) is 5.32 Å². The van der Waals surface area contributed by atoms with Crippen molar-refractivity contribution in [2.24, 2.45) is 5.41 Å². The fourth-order valence-electron chi connectivity index (χ4n) is 1.95. The van der Waals surface area contributed by atoms with E-state index >= 15 is 0 Å². The second-order valence-electron chi connectivity index (χ2n) is 4.82. The Morgan fingerprint density at radius 1 is 1.50 bits per heavy atom. The van der Waals surface area contributed by atoms with E-state index < -0.39 is 5.82 Å². The number of aliphatic hydroxyl groups is 1. The number of hydrogen-bond acceptors (Lipinski definition) is 3. The highest BCUT2D eigenvalue weighted by Gasteiger charge is 2.41. The van der Waals surface area contributed by atoms with E-state index in [1.54, 1.807) is 0 Å². The molecule has 0 unspecified atom stereocenters. The van der Waals surface area contributed by atoms with Gasteiger partial charge in [0.15, 0.2) is 0 Å². The Morgan fingerprint density at radius 3 is 2.78 bits per heavy atom. The number of nitrogens with one attached hydrogen (secondary N) is 1. The molecule has 0 radical (unpaired) electrons. The molecule has 1 amide bonds. The van der Waals surface area contributed by atoms with Gasteiger partial charge in [0, 0.05) is 23.6 Å². The molecule has 1 aromatic carbocycles. The molecule has 0 heterocycles. The molecule has 18 heavy (non-hydrogen) atoms. The van der Waals surface area contributed by atoms with Crippen molar-refractivity contribution in [3.05, 3.63) is 29.6 Å². The molecule has 98 valence electrons. The Balaban J connectivity index is 1.93. The second kappa shape index (κ2) is 5.28. The summed E-state index contributed by atoms with van der Waals surface area (Å²) in [5.74, 6) is -0.664. The average molecular weight is 269 g/mol.